The van der Waals surface area contributed by atoms with Crippen LogP contribution in [-0.4, -0.2) is 16.9 Å². The summed E-state index contributed by atoms with van der Waals surface area (Å²) in [5, 5.41) is 3.12. The molecule has 1 fully saturated rings. The summed E-state index contributed by atoms with van der Waals surface area (Å²) in [6.45, 7) is 4.50. The van der Waals surface area contributed by atoms with Crippen LogP contribution in [0.2, 0.25) is 0 Å². The van der Waals surface area contributed by atoms with E-state index in [4.69, 9.17) is 0 Å². The number of nitrogens with one attached hydrogen (secondary N) is 1. The highest BCUT2D eigenvalue weighted by atomic mass is 16.1. The first-order valence-corrected chi connectivity index (χ1v) is 7.06. The molecule has 0 spiro atoms. The average molecular weight is 258 g/mol. The van der Waals surface area contributed by atoms with E-state index in [9.17, 15) is 4.79 Å². The van der Waals surface area contributed by atoms with Gasteiger partial charge in [0.25, 0.3) is 0 Å². The summed E-state index contributed by atoms with van der Waals surface area (Å²) in [6, 6.07) is 5.97. The van der Waals surface area contributed by atoms with Crippen LogP contribution in [0.3, 0.4) is 0 Å². The molecule has 1 heterocycles. The van der Waals surface area contributed by atoms with E-state index in [0.717, 1.165) is 12.1 Å². The highest BCUT2D eigenvalue weighted by Crippen LogP contribution is 2.29. The third-order valence-corrected chi connectivity index (χ3v) is 4.13. The SMILES string of the molecule is CC1CCCC(NC(=O)/C=C/c2ccccn2)C1C. The zero-order valence-electron chi connectivity index (χ0n) is 11.7. The van der Waals surface area contributed by atoms with Gasteiger partial charge in [-0.1, -0.05) is 32.8 Å². The molecule has 1 aromatic rings. The van der Waals surface area contributed by atoms with E-state index < -0.39 is 0 Å². The molecular formula is C16H22N2O. The maximum Gasteiger partial charge on any atom is 0.244 e. The summed E-state index contributed by atoms with van der Waals surface area (Å²) in [4.78, 5) is 16.1. The van der Waals surface area contributed by atoms with Gasteiger partial charge < -0.3 is 5.32 Å². The van der Waals surface area contributed by atoms with Gasteiger partial charge in [0.2, 0.25) is 5.91 Å². The van der Waals surface area contributed by atoms with Crippen molar-refractivity contribution in [3.8, 4) is 0 Å². The van der Waals surface area contributed by atoms with Crippen LogP contribution >= 0.6 is 0 Å². The van der Waals surface area contributed by atoms with Crippen molar-refractivity contribution >= 4 is 12.0 Å². The molecule has 3 nitrogen and oxygen atoms in total. The fourth-order valence-corrected chi connectivity index (χ4v) is 2.65. The molecule has 2 rings (SSSR count). The van der Waals surface area contributed by atoms with Crippen LogP contribution in [0.4, 0.5) is 0 Å². The normalized spacial score (nSPS) is 27.4. The summed E-state index contributed by atoms with van der Waals surface area (Å²) in [7, 11) is 0. The summed E-state index contributed by atoms with van der Waals surface area (Å²) < 4.78 is 0. The molecule has 19 heavy (non-hydrogen) atoms. The Morgan fingerprint density at radius 2 is 2.21 bits per heavy atom. The molecule has 3 heteroatoms. The minimum Gasteiger partial charge on any atom is -0.350 e. The second-order valence-corrected chi connectivity index (χ2v) is 5.47. The van der Waals surface area contributed by atoms with Gasteiger partial charge in [-0.2, -0.15) is 0 Å². The van der Waals surface area contributed by atoms with E-state index in [-0.39, 0.29) is 5.91 Å². The summed E-state index contributed by atoms with van der Waals surface area (Å²) >= 11 is 0. The van der Waals surface area contributed by atoms with Gasteiger partial charge >= 0.3 is 0 Å². The molecule has 3 unspecified atom stereocenters. The Morgan fingerprint density at radius 1 is 1.37 bits per heavy atom. The quantitative estimate of drug-likeness (QED) is 0.847. The second-order valence-electron chi connectivity index (χ2n) is 5.47. The van der Waals surface area contributed by atoms with Crippen molar-refractivity contribution in [2.24, 2.45) is 11.8 Å². The Kier molecular flexibility index (Phi) is 4.72. The van der Waals surface area contributed by atoms with Gasteiger partial charge in [0.1, 0.15) is 0 Å². The highest BCUT2D eigenvalue weighted by Gasteiger charge is 2.27. The molecule has 1 aliphatic carbocycles. The zero-order chi connectivity index (χ0) is 13.7. The van der Waals surface area contributed by atoms with E-state index in [1.807, 2.05) is 18.2 Å². The maximum absolute atomic E-state index is 11.9. The van der Waals surface area contributed by atoms with E-state index in [1.165, 1.54) is 12.8 Å². The van der Waals surface area contributed by atoms with Crippen LogP contribution in [0, 0.1) is 11.8 Å². The van der Waals surface area contributed by atoms with Crippen molar-refractivity contribution < 1.29 is 4.79 Å². The van der Waals surface area contributed by atoms with Crippen molar-refractivity contribution in [3.63, 3.8) is 0 Å². The van der Waals surface area contributed by atoms with E-state index in [2.05, 4.69) is 24.1 Å². The molecule has 1 N–H and O–H groups in total. The van der Waals surface area contributed by atoms with Crippen molar-refractivity contribution in [1.82, 2.24) is 10.3 Å². The fourth-order valence-electron chi connectivity index (χ4n) is 2.65. The molecule has 3 atom stereocenters. The van der Waals surface area contributed by atoms with Crippen LogP contribution in [0.5, 0.6) is 0 Å². The standard InChI is InChI=1S/C16H22N2O/c1-12-6-5-8-15(13(12)2)18-16(19)10-9-14-7-3-4-11-17-14/h3-4,7,9-13,15H,5-6,8H2,1-2H3,(H,18,19)/b10-9+. The average Bonchev–Trinajstić information content (AvgIpc) is 2.43. The van der Waals surface area contributed by atoms with Crippen molar-refractivity contribution in [3.05, 3.63) is 36.2 Å². The molecule has 0 aromatic carbocycles. The predicted molar refractivity (Wildman–Crippen MR) is 77.4 cm³/mol. The lowest BCUT2D eigenvalue weighted by Crippen LogP contribution is -2.43. The van der Waals surface area contributed by atoms with Gasteiger partial charge in [-0.05, 0) is 36.5 Å². The Hall–Kier alpha value is -1.64. The maximum atomic E-state index is 11.9. The van der Waals surface area contributed by atoms with Crippen LogP contribution in [0.25, 0.3) is 6.08 Å². The molecule has 1 aromatic heterocycles. The van der Waals surface area contributed by atoms with Crippen molar-refractivity contribution in [1.29, 1.82) is 0 Å². The Bertz CT molecular complexity index is 441. The van der Waals surface area contributed by atoms with E-state index in [0.29, 0.717) is 17.9 Å². The summed E-state index contributed by atoms with van der Waals surface area (Å²) in [5.74, 6) is 1.23. The smallest absolute Gasteiger partial charge is 0.244 e. The lowest BCUT2D eigenvalue weighted by atomic mass is 9.78. The summed E-state index contributed by atoms with van der Waals surface area (Å²) in [5.41, 5.74) is 0.808. The number of carbonyl (C=O) groups is 1. The number of hydrogen-bond acceptors (Lipinski definition) is 2. The van der Waals surface area contributed by atoms with E-state index >= 15 is 0 Å². The first kappa shape index (κ1) is 13.8. The van der Waals surface area contributed by atoms with Crippen molar-refractivity contribution in [2.75, 3.05) is 0 Å². The number of nitrogens with zero attached hydrogens (tertiary/aromatic N) is 1. The van der Waals surface area contributed by atoms with Crippen LogP contribution < -0.4 is 5.32 Å². The molecular weight excluding hydrogens is 236 g/mol. The predicted octanol–water partition coefficient (Wildman–Crippen LogP) is 3.04. The highest BCUT2D eigenvalue weighted by molar-refractivity contribution is 5.91. The van der Waals surface area contributed by atoms with Gasteiger partial charge in [-0.3, -0.25) is 9.78 Å². The summed E-state index contributed by atoms with van der Waals surface area (Å²) in [6.07, 6.45) is 8.63. The zero-order valence-corrected chi connectivity index (χ0v) is 11.7. The molecule has 0 radical (unpaired) electrons. The number of pyridine rings is 1. The third kappa shape index (κ3) is 3.91. The molecule has 0 saturated heterocycles. The fraction of sp³-hybridized carbons (Fsp3) is 0.500. The minimum atomic E-state index is -0.0170. The Balaban J connectivity index is 1.89. The third-order valence-electron chi connectivity index (χ3n) is 4.13. The Morgan fingerprint density at radius 3 is 2.95 bits per heavy atom. The number of hydrogen-bond donors (Lipinski definition) is 1. The molecule has 0 bridgehead atoms. The lowest BCUT2D eigenvalue weighted by molar-refractivity contribution is -0.117. The molecule has 0 aliphatic heterocycles. The first-order valence-electron chi connectivity index (χ1n) is 7.06. The molecule has 1 saturated carbocycles. The second kappa shape index (κ2) is 6.50. The van der Waals surface area contributed by atoms with Crippen LogP contribution in [0.1, 0.15) is 38.8 Å². The monoisotopic (exact) mass is 258 g/mol. The van der Waals surface area contributed by atoms with Gasteiger partial charge in [0.05, 0.1) is 5.69 Å². The Labute approximate surface area is 115 Å². The van der Waals surface area contributed by atoms with E-state index in [1.54, 1.807) is 18.3 Å². The van der Waals surface area contributed by atoms with Gasteiger partial charge in [0.15, 0.2) is 0 Å². The number of aromatic nitrogens is 1. The topological polar surface area (TPSA) is 42.0 Å². The molecule has 1 aliphatic rings. The molecule has 102 valence electrons. The van der Waals surface area contributed by atoms with Gasteiger partial charge in [-0.25, -0.2) is 0 Å². The number of rotatable bonds is 3. The van der Waals surface area contributed by atoms with Gasteiger partial charge in [0, 0.05) is 18.3 Å². The minimum absolute atomic E-state index is 0.0170. The molecule has 1 amide bonds. The number of carbonyl (C=O) groups excluding carboxylic acids is 1. The van der Waals surface area contributed by atoms with Crippen molar-refractivity contribution in [2.45, 2.75) is 39.2 Å². The lowest BCUT2D eigenvalue weighted by Gasteiger charge is -2.34. The van der Waals surface area contributed by atoms with Crippen LogP contribution in [0.15, 0.2) is 30.5 Å². The van der Waals surface area contributed by atoms with Gasteiger partial charge in [-0.15, -0.1) is 0 Å². The first-order chi connectivity index (χ1) is 9.16. The van der Waals surface area contributed by atoms with Crippen LogP contribution in [-0.2, 0) is 4.79 Å². The largest absolute Gasteiger partial charge is 0.350 e. The number of amides is 1.